The molecular weight excluding hydrogens is 297 g/mol. The van der Waals surface area contributed by atoms with Crippen LogP contribution in [0.5, 0.6) is 0 Å². The number of alkyl halides is 3. The molecular formula is C15H15F3N2S. The second kappa shape index (κ2) is 6.49. The van der Waals surface area contributed by atoms with Crippen LogP contribution < -0.4 is 5.73 Å². The van der Waals surface area contributed by atoms with E-state index < -0.39 is 11.7 Å². The van der Waals surface area contributed by atoms with Gasteiger partial charge in [-0.1, -0.05) is 30.8 Å². The molecule has 1 atom stereocenters. The number of halogens is 3. The van der Waals surface area contributed by atoms with E-state index in [4.69, 9.17) is 5.73 Å². The van der Waals surface area contributed by atoms with E-state index >= 15 is 0 Å². The van der Waals surface area contributed by atoms with E-state index in [1.165, 1.54) is 17.8 Å². The zero-order valence-corrected chi connectivity index (χ0v) is 12.2. The Morgan fingerprint density at radius 2 is 1.81 bits per heavy atom. The highest BCUT2D eigenvalue weighted by atomic mass is 32.2. The summed E-state index contributed by atoms with van der Waals surface area (Å²) >= 11 is 1.32. The van der Waals surface area contributed by atoms with E-state index in [1.807, 2.05) is 31.2 Å². The molecule has 6 heteroatoms. The Kier molecular flexibility index (Phi) is 4.90. The van der Waals surface area contributed by atoms with Crippen LogP contribution in [0.2, 0.25) is 0 Å². The second-order valence-corrected chi connectivity index (χ2v) is 5.66. The van der Waals surface area contributed by atoms with E-state index in [9.17, 15) is 13.2 Å². The van der Waals surface area contributed by atoms with Gasteiger partial charge in [0, 0.05) is 17.1 Å². The van der Waals surface area contributed by atoms with Crippen molar-refractivity contribution in [2.45, 2.75) is 35.5 Å². The van der Waals surface area contributed by atoms with Gasteiger partial charge in [-0.3, -0.25) is 0 Å². The lowest BCUT2D eigenvalue weighted by atomic mass is 10.1. The third kappa shape index (κ3) is 4.22. The van der Waals surface area contributed by atoms with Crippen LogP contribution in [0.15, 0.2) is 52.5 Å². The van der Waals surface area contributed by atoms with E-state index in [2.05, 4.69) is 4.98 Å². The molecule has 2 nitrogen and oxygen atoms in total. The van der Waals surface area contributed by atoms with Crippen LogP contribution in [-0.2, 0) is 6.18 Å². The first-order chi connectivity index (χ1) is 9.90. The summed E-state index contributed by atoms with van der Waals surface area (Å²) in [4.78, 5) is 4.74. The summed E-state index contributed by atoms with van der Waals surface area (Å²) < 4.78 is 37.3. The minimum absolute atomic E-state index is 0.00763. The quantitative estimate of drug-likeness (QED) is 0.892. The molecule has 2 aromatic rings. The minimum Gasteiger partial charge on any atom is -0.324 e. The van der Waals surface area contributed by atoms with Gasteiger partial charge in [0.15, 0.2) is 0 Å². The number of benzene rings is 1. The van der Waals surface area contributed by atoms with Crippen molar-refractivity contribution in [2.75, 3.05) is 0 Å². The zero-order valence-electron chi connectivity index (χ0n) is 11.4. The first-order valence-corrected chi connectivity index (χ1v) is 7.28. The van der Waals surface area contributed by atoms with Crippen molar-refractivity contribution in [3.8, 4) is 0 Å². The summed E-state index contributed by atoms with van der Waals surface area (Å²) in [5.74, 6) is 0. The molecule has 1 heterocycles. The molecule has 0 amide bonds. The number of hydrogen-bond donors (Lipinski definition) is 1. The fraction of sp³-hybridized carbons (Fsp3) is 0.267. The number of hydrogen-bond acceptors (Lipinski definition) is 3. The maximum absolute atomic E-state index is 12.4. The molecule has 0 aliphatic heterocycles. The molecule has 0 aliphatic rings. The van der Waals surface area contributed by atoms with Crippen LogP contribution in [0.3, 0.4) is 0 Å². The Labute approximate surface area is 125 Å². The van der Waals surface area contributed by atoms with Gasteiger partial charge in [0.25, 0.3) is 0 Å². The molecule has 0 aliphatic carbocycles. The molecule has 0 radical (unpaired) electrons. The van der Waals surface area contributed by atoms with Gasteiger partial charge in [-0.15, -0.1) is 0 Å². The highest BCUT2D eigenvalue weighted by molar-refractivity contribution is 7.99. The van der Waals surface area contributed by atoms with Gasteiger partial charge in [0.1, 0.15) is 5.03 Å². The van der Waals surface area contributed by atoms with Crippen molar-refractivity contribution in [2.24, 2.45) is 5.73 Å². The average molecular weight is 312 g/mol. The number of aromatic nitrogens is 1. The maximum Gasteiger partial charge on any atom is 0.417 e. The Morgan fingerprint density at radius 1 is 1.14 bits per heavy atom. The monoisotopic (exact) mass is 312 g/mol. The SMILES string of the molecule is CC[C@@H](N)c1ccc(Sc2ccc(C(F)(F)F)cn2)cc1. The molecule has 1 aromatic carbocycles. The topological polar surface area (TPSA) is 38.9 Å². The van der Waals surface area contributed by atoms with Crippen molar-refractivity contribution in [3.63, 3.8) is 0 Å². The summed E-state index contributed by atoms with van der Waals surface area (Å²) in [7, 11) is 0. The number of pyridine rings is 1. The lowest BCUT2D eigenvalue weighted by Gasteiger charge is -2.10. The highest BCUT2D eigenvalue weighted by Gasteiger charge is 2.30. The first-order valence-electron chi connectivity index (χ1n) is 6.47. The summed E-state index contributed by atoms with van der Waals surface area (Å²) in [5, 5.41) is 0.524. The van der Waals surface area contributed by atoms with Crippen LogP contribution >= 0.6 is 11.8 Å². The van der Waals surface area contributed by atoms with Crippen molar-refractivity contribution in [1.29, 1.82) is 0 Å². The van der Waals surface area contributed by atoms with Crippen LogP contribution in [0.1, 0.15) is 30.5 Å². The third-order valence-electron chi connectivity index (χ3n) is 3.03. The van der Waals surface area contributed by atoms with Crippen LogP contribution in [0.4, 0.5) is 13.2 Å². The molecule has 0 unspecified atom stereocenters. The van der Waals surface area contributed by atoms with Crippen molar-refractivity contribution < 1.29 is 13.2 Å². The Bertz CT molecular complexity index is 579. The molecule has 0 fully saturated rings. The van der Waals surface area contributed by atoms with Gasteiger partial charge in [0.05, 0.1) is 5.56 Å². The van der Waals surface area contributed by atoms with E-state index in [1.54, 1.807) is 0 Å². The zero-order chi connectivity index (χ0) is 15.5. The Hall–Kier alpha value is -1.53. The van der Waals surface area contributed by atoms with Gasteiger partial charge in [0.2, 0.25) is 0 Å². The summed E-state index contributed by atoms with van der Waals surface area (Å²) in [5.41, 5.74) is 6.23. The van der Waals surface area contributed by atoms with E-state index in [0.29, 0.717) is 5.03 Å². The minimum atomic E-state index is -4.35. The van der Waals surface area contributed by atoms with Crippen molar-refractivity contribution >= 4 is 11.8 Å². The standard InChI is InChI=1S/C15H15F3N2S/c1-2-13(19)10-3-6-12(7-4-10)21-14-8-5-11(9-20-14)15(16,17)18/h3-9,13H,2,19H2,1H3/t13-/m1/s1. The van der Waals surface area contributed by atoms with Crippen LogP contribution in [0.25, 0.3) is 0 Å². The largest absolute Gasteiger partial charge is 0.417 e. The van der Waals surface area contributed by atoms with Crippen LogP contribution in [0, 0.1) is 0 Å². The fourth-order valence-corrected chi connectivity index (χ4v) is 2.50. The Morgan fingerprint density at radius 3 is 2.29 bits per heavy atom. The molecule has 2 N–H and O–H groups in total. The highest BCUT2D eigenvalue weighted by Crippen LogP contribution is 2.31. The molecule has 0 saturated carbocycles. The molecule has 1 aromatic heterocycles. The summed E-state index contributed by atoms with van der Waals surface area (Å²) in [6, 6.07) is 10.1. The fourth-order valence-electron chi connectivity index (χ4n) is 1.75. The van der Waals surface area contributed by atoms with Crippen LogP contribution in [-0.4, -0.2) is 4.98 Å². The summed E-state index contributed by atoms with van der Waals surface area (Å²) in [6.45, 7) is 2.01. The predicted molar refractivity (Wildman–Crippen MR) is 77.0 cm³/mol. The second-order valence-electron chi connectivity index (χ2n) is 4.57. The smallest absolute Gasteiger partial charge is 0.324 e. The van der Waals surface area contributed by atoms with E-state index in [0.717, 1.165) is 29.1 Å². The third-order valence-corrected chi connectivity index (χ3v) is 3.99. The number of nitrogens with two attached hydrogens (primary N) is 1. The van der Waals surface area contributed by atoms with Crippen molar-refractivity contribution in [3.05, 3.63) is 53.7 Å². The van der Waals surface area contributed by atoms with E-state index in [-0.39, 0.29) is 6.04 Å². The lowest BCUT2D eigenvalue weighted by molar-refractivity contribution is -0.137. The van der Waals surface area contributed by atoms with Crippen molar-refractivity contribution in [1.82, 2.24) is 4.98 Å². The van der Waals surface area contributed by atoms with Gasteiger partial charge in [-0.25, -0.2) is 4.98 Å². The van der Waals surface area contributed by atoms with Gasteiger partial charge >= 0.3 is 6.18 Å². The number of rotatable bonds is 4. The Balaban J connectivity index is 2.08. The van der Waals surface area contributed by atoms with Gasteiger partial charge in [-0.2, -0.15) is 13.2 Å². The number of nitrogens with zero attached hydrogens (tertiary/aromatic N) is 1. The molecule has 0 spiro atoms. The summed E-state index contributed by atoms with van der Waals surface area (Å²) in [6.07, 6.45) is -2.65. The lowest BCUT2D eigenvalue weighted by Crippen LogP contribution is -2.08. The molecule has 2 rings (SSSR count). The molecule has 21 heavy (non-hydrogen) atoms. The molecule has 0 saturated heterocycles. The normalized spacial score (nSPS) is 13.2. The maximum atomic E-state index is 12.4. The van der Waals surface area contributed by atoms with Gasteiger partial charge in [-0.05, 0) is 36.2 Å². The predicted octanol–water partition coefficient (Wildman–Crippen LogP) is 4.66. The van der Waals surface area contributed by atoms with Gasteiger partial charge < -0.3 is 5.73 Å². The molecule has 0 bridgehead atoms. The first kappa shape index (κ1) is 15.9. The average Bonchev–Trinajstić information content (AvgIpc) is 2.47. The molecule has 112 valence electrons.